The standard InChI is InChI=1S/C8H18S6/c1-3-5-7-9-11-13-14-12-10-8-6-4-2/h3-8H2,1-2H3. The molecule has 0 aromatic carbocycles. The van der Waals surface area contributed by atoms with Crippen LogP contribution < -0.4 is 0 Å². The molecule has 0 aliphatic rings. The van der Waals surface area contributed by atoms with Crippen LogP contribution in [-0.4, -0.2) is 11.5 Å². The fourth-order valence-corrected chi connectivity index (χ4v) is 12.5. The van der Waals surface area contributed by atoms with E-state index in [0.717, 1.165) is 0 Å². The van der Waals surface area contributed by atoms with Crippen LogP contribution in [0.25, 0.3) is 0 Å². The van der Waals surface area contributed by atoms with Gasteiger partial charge in [-0.3, -0.25) is 0 Å². The van der Waals surface area contributed by atoms with E-state index in [1.807, 2.05) is 60.9 Å². The molecule has 0 saturated heterocycles. The lowest BCUT2D eigenvalue weighted by atomic mass is 10.4. The van der Waals surface area contributed by atoms with Gasteiger partial charge in [-0.05, 0) is 52.1 Å². The maximum Gasteiger partial charge on any atom is 0.00453 e. The van der Waals surface area contributed by atoms with Crippen molar-refractivity contribution < 1.29 is 0 Å². The Labute approximate surface area is 111 Å². The van der Waals surface area contributed by atoms with Gasteiger partial charge in [0.25, 0.3) is 0 Å². The third kappa shape index (κ3) is 14.1. The summed E-state index contributed by atoms with van der Waals surface area (Å²) >= 11 is 0. The molecule has 0 aliphatic heterocycles. The van der Waals surface area contributed by atoms with Crippen LogP contribution in [-0.2, 0) is 0 Å². The Kier molecular flexibility index (Phi) is 17.4. The van der Waals surface area contributed by atoms with E-state index in [0.29, 0.717) is 0 Å². The fraction of sp³-hybridized carbons (Fsp3) is 1.00. The highest BCUT2D eigenvalue weighted by molar-refractivity contribution is 9.41. The second-order valence-electron chi connectivity index (χ2n) is 2.62. The second-order valence-corrected chi connectivity index (χ2v) is 12.4. The minimum atomic E-state index is 1.29. The molecular formula is C8H18S6. The van der Waals surface area contributed by atoms with E-state index in [9.17, 15) is 0 Å². The molecule has 0 atom stereocenters. The predicted octanol–water partition coefficient (Wildman–Crippen LogP) is 6.56. The van der Waals surface area contributed by atoms with Crippen molar-refractivity contribution in [1.29, 1.82) is 0 Å². The first-order chi connectivity index (χ1) is 6.91. The molecule has 14 heavy (non-hydrogen) atoms. The van der Waals surface area contributed by atoms with Gasteiger partial charge in [0.15, 0.2) is 0 Å². The number of rotatable bonds is 11. The molecule has 0 N–H and O–H groups in total. The van der Waals surface area contributed by atoms with Crippen LogP contribution in [0.3, 0.4) is 0 Å². The Morgan fingerprint density at radius 3 is 1.43 bits per heavy atom. The molecule has 6 heteroatoms. The summed E-state index contributed by atoms with van der Waals surface area (Å²) < 4.78 is 0. The maximum atomic E-state index is 2.24. The molecule has 0 rings (SSSR count). The largest absolute Gasteiger partial charge is 0.0817 e. The molecule has 0 bridgehead atoms. The molecule has 0 aromatic heterocycles. The zero-order valence-electron chi connectivity index (χ0n) is 8.69. The van der Waals surface area contributed by atoms with Gasteiger partial charge in [0.05, 0.1) is 0 Å². The van der Waals surface area contributed by atoms with Gasteiger partial charge in [-0.15, -0.1) is 0 Å². The zero-order chi connectivity index (χ0) is 10.5. The Morgan fingerprint density at radius 1 is 0.643 bits per heavy atom. The van der Waals surface area contributed by atoms with Gasteiger partial charge in [0.1, 0.15) is 0 Å². The van der Waals surface area contributed by atoms with Crippen LogP contribution in [0, 0.1) is 0 Å². The van der Waals surface area contributed by atoms with Crippen LogP contribution in [0.15, 0.2) is 0 Å². The van der Waals surface area contributed by atoms with Gasteiger partial charge < -0.3 is 0 Å². The Morgan fingerprint density at radius 2 is 1.07 bits per heavy atom. The van der Waals surface area contributed by atoms with Crippen molar-refractivity contribution in [3.63, 3.8) is 0 Å². The predicted molar refractivity (Wildman–Crippen MR) is 85.1 cm³/mol. The molecule has 0 unspecified atom stereocenters. The maximum absolute atomic E-state index is 2.24. The van der Waals surface area contributed by atoms with Crippen LogP contribution in [0.5, 0.6) is 0 Å². The SMILES string of the molecule is CCCCSSSSSSCCCC. The van der Waals surface area contributed by atoms with Crippen molar-refractivity contribution in [3.05, 3.63) is 0 Å². The normalized spacial score (nSPS) is 10.7. The van der Waals surface area contributed by atoms with Gasteiger partial charge in [-0.1, -0.05) is 48.3 Å². The van der Waals surface area contributed by atoms with E-state index in [1.54, 1.807) is 0 Å². The first-order valence-corrected chi connectivity index (χ1v) is 12.6. The van der Waals surface area contributed by atoms with Crippen molar-refractivity contribution in [2.45, 2.75) is 39.5 Å². The average Bonchev–Trinajstić information content (AvgIpc) is 2.21. The molecule has 0 radical (unpaired) electrons. The molecule has 0 saturated carbocycles. The van der Waals surface area contributed by atoms with Crippen LogP contribution in [0.4, 0.5) is 0 Å². The summed E-state index contributed by atoms with van der Waals surface area (Å²) in [5.41, 5.74) is 0. The van der Waals surface area contributed by atoms with Gasteiger partial charge >= 0.3 is 0 Å². The minimum absolute atomic E-state index is 1.29. The average molecular weight is 307 g/mol. The summed E-state index contributed by atoms with van der Waals surface area (Å²) in [4.78, 5) is 0. The summed E-state index contributed by atoms with van der Waals surface area (Å²) in [6.07, 6.45) is 5.32. The van der Waals surface area contributed by atoms with Gasteiger partial charge in [-0.2, -0.15) is 0 Å². The van der Waals surface area contributed by atoms with Gasteiger partial charge in [0.2, 0.25) is 0 Å². The molecular weight excluding hydrogens is 288 g/mol. The number of hydrogen-bond donors (Lipinski definition) is 0. The fourth-order valence-electron chi connectivity index (χ4n) is 0.537. The lowest BCUT2D eigenvalue weighted by Gasteiger charge is -1.98. The molecule has 0 nitrogen and oxygen atoms in total. The summed E-state index contributed by atoms with van der Waals surface area (Å²) in [5.74, 6) is 2.59. The third-order valence-corrected chi connectivity index (χ3v) is 12.4. The molecule has 0 spiro atoms. The molecule has 0 aromatic rings. The first-order valence-electron chi connectivity index (χ1n) is 4.82. The lowest BCUT2D eigenvalue weighted by Crippen LogP contribution is -1.70. The summed E-state index contributed by atoms with van der Waals surface area (Å²) in [6.45, 7) is 4.49. The van der Waals surface area contributed by atoms with Crippen LogP contribution in [0.1, 0.15) is 39.5 Å². The quantitative estimate of drug-likeness (QED) is 0.311. The lowest BCUT2D eigenvalue weighted by molar-refractivity contribution is 0.898. The highest BCUT2D eigenvalue weighted by atomic mass is 33.9. The smallest absolute Gasteiger partial charge is 0.00453 e. The van der Waals surface area contributed by atoms with Crippen molar-refractivity contribution in [2.24, 2.45) is 0 Å². The van der Waals surface area contributed by atoms with Crippen molar-refractivity contribution >= 4 is 60.9 Å². The zero-order valence-corrected chi connectivity index (χ0v) is 13.6. The monoisotopic (exact) mass is 306 g/mol. The van der Waals surface area contributed by atoms with Gasteiger partial charge in [-0.25, -0.2) is 0 Å². The molecule has 86 valence electrons. The van der Waals surface area contributed by atoms with Crippen molar-refractivity contribution in [3.8, 4) is 0 Å². The number of unbranched alkanes of at least 4 members (excludes halogenated alkanes) is 2. The molecule has 0 heterocycles. The van der Waals surface area contributed by atoms with E-state index in [-0.39, 0.29) is 0 Å². The van der Waals surface area contributed by atoms with Crippen molar-refractivity contribution in [1.82, 2.24) is 0 Å². The Balaban J connectivity index is 2.78. The Hall–Kier alpha value is 2.10. The summed E-state index contributed by atoms with van der Waals surface area (Å²) in [6, 6.07) is 0. The Bertz CT molecular complexity index is 87.8. The highest BCUT2D eigenvalue weighted by Gasteiger charge is 1.94. The minimum Gasteiger partial charge on any atom is -0.0817 e. The molecule has 0 fully saturated rings. The summed E-state index contributed by atoms with van der Waals surface area (Å²) in [7, 11) is 11.6. The van der Waals surface area contributed by atoms with E-state index in [4.69, 9.17) is 0 Å². The third-order valence-electron chi connectivity index (χ3n) is 1.34. The van der Waals surface area contributed by atoms with Gasteiger partial charge in [0, 0.05) is 11.5 Å². The number of hydrogen-bond acceptors (Lipinski definition) is 6. The molecule has 0 aliphatic carbocycles. The van der Waals surface area contributed by atoms with Crippen LogP contribution in [0.2, 0.25) is 0 Å². The molecule has 0 amide bonds. The second kappa shape index (κ2) is 15.1. The van der Waals surface area contributed by atoms with Crippen LogP contribution >= 0.6 is 60.9 Å². The van der Waals surface area contributed by atoms with E-state index in [1.165, 1.54) is 37.2 Å². The summed E-state index contributed by atoms with van der Waals surface area (Å²) in [5, 5.41) is 0. The highest BCUT2D eigenvalue weighted by Crippen LogP contribution is 2.52. The first kappa shape index (κ1) is 16.1. The van der Waals surface area contributed by atoms with E-state index >= 15 is 0 Å². The van der Waals surface area contributed by atoms with E-state index in [2.05, 4.69) is 13.8 Å². The van der Waals surface area contributed by atoms with E-state index < -0.39 is 0 Å². The topological polar surface area (TPSA) is 0 Å². The van der Waals surface area contributed by atoms with Crippen molar-refractivity contribution in [2.75, 3.05) is 11.5 Å².